The van der Waals surface area contributed by atoms with Gasteiger partial charge in [-0.1, -0.05) is 44.2 Å². The van der Waals surface area contributed by atoms with Crippen LogP contribution < -0.4 is 5.32 Å². The van der Waals surface area contributed by atoms with Crippen molar-refractivity contribution in [1.29, 1.82) is 0 Å². The molecule has 66 heavy (non-hydrogen) atoms. The number of hydrogen-bond acceptors (Lipinski definition) is 15. The Morgan fingerprint density at radius 1 is 0.939 bits per heavy atom. The van der Waals surface area contributed by atoms with Crippen LogP contribution in [0.3, 0.4) is 0 Å². The number of amides is 1. The summed E-state index contributed by atoms with van der Waals surface area (Å²) in [6.07, 6.45) is -3.21. The van der Waals surface area contributed by atoms with E-state index in [1.165, 1.54) is 7.11 Å². The first-order valence-electron chi connectivity index (χ1n) is 23.7. The number of aliphatic hydroxyl groups is 3. The van der Waals surface area contributed by atoms with Crippen LogP contribution in [0, 0.1) is 17.8 Å². The zero-order chi connectivity index (χ0) is 48.7. The van der Waals surface area contributed by atoms with Gasteiger partial charge in [-0.25, -0.2) is 0 Å². The van der Waals surface area contributed by atoms with Crippen molar-refractivity contribution >= 4 is 11.9 Å². The lowest BCUT2D eigenvalue weighted by Gasteiger charge is -2.50. The number of benzene rings is 1. The normalized spacial score (nSPS) is 38.9. The molecule has 1 aromatic heterocycles. The number of ether oxygens (including phenoxy) is 7. The summed E-state index contributed by atoms with van der Waals surface area (Å²) in [5.74, 6) is -2.64. The molecule has 1 amide bonds. The maximum atomic E-state index is 14.7. The van der Waals surface area contributed by atoms with E-state index in [4.69, 9.17) is 33.2 Å². The minimum absolute atomic E-state index is 0.154. The number of carbonyl (C=O) groups excluding carboxylic acids is 2. The van der Waals surface area contributed by atoms with Gasteiger partial charge in [-0.3, -0.25) is 19.5 Å². The van der Waals surface area contributed by atoms with Gasteiger partial charge in [0.05, 0.1) is 54.1 Å². The molecule has 0 aliphatic carbocycles. The van der Waals surface area contributed by atoms with Gasteiger partial charge in [-0.2, -0.15) is 0 Å². The number of nitrogens with one attached hydrogen (secondary N) is 1. The smallest absolute Gasteiger partial charge is 0.311 e. The summed E-state index contributed by atoms with van der Waals surface area (Å²) in [5.41, 5.74) is 0.632. The summed E-state index contributed by atoms with van der Waals surface area (Å²) < 4.78 is 45.2. The maximum absolute atomic E-state index is 14.7. The number of nitrogens with zero attached hydrogens (tertiary/aromatic N) is 3. The summed E-state index contributed by atoms with van der Waals surface area (Å²) in [6.45, 7) is 15.5. The Morgan fingerprint density at radius 3 is 2.29 bits per heavy atom. The number of aliphatic hydroxyl groups excluding tert-OH is 3. The van der Waals surface area contributed by atoms with Gasteiger partial charge >= 0.3 is 5.97 Å². The van der Waals surface area contributed by atoms with Crippen LogP contribution in [0.15, 0.2) is 48.8 Å². The third-order valence-corrected chi connectivity index (χ3v) is 14.6. The molecule has 0 spiro atoms. The molecule has 3 aliphatic rings. The first kappa shape index (κ1) is 53.8. The first-order chi connectivity index (χ1) is 31.1. The van der Waals surface area contributed by atoms with Crippen LogP contribution in [-0.2, 0) is 49.2 Å². The molecule has 4 heterocycles. The predicted molar refractivity (Wildman–Crippen MR) is 249 cm³/mol. The minimum Gasteiger partial charge on any atom is -0.461 e. The molecule has 0 radical (unpaired) electrons. The topological polar surface area (TPSA) is 191 Å². The van der Waals surface area contributed by atoms with Gasteiger partial charge < -0.3 is 58.7 Å². The fourth-order valence-corrected chi connectivity index (χ4v) is 10.2. The van der Waals surface area contributed by atoms with Crippen molar-refractivity contribution in [3.8, 4) is 11.1 Å². The molecule has 5 rings (SSSR count). The molecule has 17 atom stereocenters. The third kappa shape index (κ3) is 13.1. The number of likely N-dealkylation sites (N-methyl/N-ethyl adjacent to an activating group) is 2. The van der Waals surface area contributed by atoms with Gasteiger partial charge in [0.25, 0.3) is 0 Å². The monoisotopic (exact) mass is 929 g/mol. The van der Waals surface area contributed by atoms with Crippen LogP contribution in [-0.4, -0.2) is 175 Å². The molecule has 0 bridgehead atoms. The lowest BCUT2D eigenvalue weighted by atomic mass is 9.76. The summed E-state index contributed by atoms with van der Waals surface area (Å²) >= 11 is 0. The number of carbonyl (C=O) groups is 2. The second-order valence-electron chi connectivity index (χ2n) is 20.0. The number of aromatic nitrogens is 1. The molecular weight excluding hydrogens is 849 g/mol. The Hall–Kier alpha value is -3.13. The Kier molecular flexibility index (Phi) is 19.1. The molecule has 3 saturated heterocycles. The van der Waals surface area contributed by atoms with Crippen molar-refractivity contribution in [2.24, 2.45) is 17.8 Å². The summed E-state index contributed by atoms with van der Waals surface area (Å²) in [6, 6.07) is 11.0. The molecule has 4 N–H and O–H groups in total. The zero-order valence-corrected chi connectivity index (χ0v) is 41.6. The molecule has 372 valence electrons. The second kappa shape index (κ2) is 23.5. The van der Waals surface area contributed by atoms with Crippen LogP contribution in [0.2, 0.25) is 0 Å². The van der Waals surface area contributed by atoms with E-state index in [2.05, 4.69) is 10.3 Å². The first-order valence-corrected chi connectivity index (χ1v) is 23.7. The van der Waals surface area contributed by atoms with Crippen molar-refractivity contribution in [3.63, 3.8) is 0 Å². The third-order valence-electron chi connectivity index (χ3n) is 14.6. The SMILES string of the molecule is CO[C@]1(C)CC(O[C@H]2[C@H](C)[C@@H](O[C@@H]3O[C@H](C)C[C@H](N(C)C)[C@H]3O)[C@@](C)(OC)C[C@@H](C)[C@H](O)[C@H](C)N(C)C[C@@H](CCNC(=O)Cc3cccc(-c4cccnc4)c3)OC(=O)[C@@H]2C)O[C@@H](C)[C@@H]1O. The number of esters is 1. The number of cyclic esters (lactones) is 1. The molecule has 0 saturated carbocycles. The highest BCUT2D eigenvalue weighted by Gasteiger charge is 2.52. The van der Waals surface area contributed by atoms with E-state index in [1.807, 2.05) is 102 Å². The van der Waals surface area contributed by atoms with Crippen LogP contribution in [0.4, 0.5) is 0 Å². The molecule has 3 fully saturated rings. The highest BCUT2D eigenvalue weighted by Crippen LogP contribution is 2.41. The zero-order valence-electron chi connectivity index (χ0n) is 41.6. The maximum Gasteiger partial charge on any atom is 0.311 e. The molecule has 16 nitrogen and oxygen atoms in total. The van der Waals surface area contributed by atoms with Gasteiger partial charge in [0.15, 0.2) is 12.6 Å². The van der Waals surface area contributed by atoms with E-state index < -0.39 is 84.3 Å². The van der Waals surface area contributed by atoms with E-state index in [-0.39, 0.29) is 55.9 Å². The van der Waals surface area contributed by atoms with Crippen LogP contribution in [0.25, 0.3) is 11.1 Å². The highest BCUT2D eigenvalue weighted by atomic mass is 16.7. The lowest BCUT2D eigenvalue weighted by molar-refractivity contribution is -0.319. The lowest BCUT2D eigenvalue weighted by Crippen LogP contribution is -2.61. The van der Waals surface area contributed by atoms with E-state index in [0.29, 0.717) is 19.3 Å². The summed E-state index contributed by atoms with van der Waals surface area (Å²) in [4.78, 5) is 36.2. The standard InChI is InChI=1S/C50H80N4O12/c1-29-25-50(8,61-13)46(66-48-43(57)39(53(9)10)22-30(2)62-48)31(3)44(65-41-26-49(7,60-12)45(58)34(6)63-41)32(4)47(59)64-38(28-54(11)33(5)42(29)56)19-21-52-40(55)24-35-16-14-17-36(23-35)37-18-15-20-51-27-37/h14-18,20,23,27,29-34,38-39,41-46,48,56-58H,19,21-22,24-26,28H2,1-13H3,(H,52,55)/t29-,30-,31+,32-,33+,34+,38-,39+,41?,42+,43-,44+,45+,46-,48+,49-,50+/m1/s1. The van der Waals surface area contributed by atoms with Crippen LogP contribution in [0.5, 0.6) is 0 Å². The van der Waals surface area contributed by atoms with Crippen molar-refractivity contribution in [1.82, 2.24) is 20.1 Å². The van der Waals surface area contributed by atoms with E-state index >= 15 is 0 Å². The van der Waals surface area contributed by atoms with Crippen molar-refractivity contribution in [3.05, 3.63) is 54.4 Å². The average Bonchev–Trinajstić information content (AvgIpc) is 3.28. The van der Waals surface area contributed by atoms with Gasteiger partial charge in [0.1, 0.15) is 18.3 Å². The Balaban J connectivity index is 1.46. The Labute approximate surface area is 392 Å². The van der Waals surface area contributed by atoms with E-state index in [0.717, 1.165) is 16.7 Å². The fraction of sp³-hybridized carbons (Fsp3) is 0.740. The number of hydrogen-bond donors (Lipinski definition) is 4. The molecule has 3 aliphatic heterocycles. The van der Waals surface area contributed by atoms with Crippen LogP contribution in [0.1, 0.15) is 86.6 Å². The molecule has 2 aromatic rings. The minimum atomic E-state index is -1.12. The van der Waals surface area contributed by atoms with Crippen molar-refractivity contribution in [2.75, 3.05) is 48.5 Å². The Morgan fingerprint density at radius 2 is 1.64 bits per heavy atom. The van der Waals surface area contributed by atoms with Gasteiger partial charge in [0, 0.05) is 70.5 Å². The molecule has 16 heteroatoms. The molecule has 1 aromatic carbocycles. The summed E-state index contributed by atoms with van der Waals surface area (Å²) in [7, 11) is 8.83. The number of pyridine rings is 1. The largest absolute Gasteiger partial charge is 0.461 e. The fourth-order valence-electron chi connectivity index (χ4n) is 10.2. The predicted octanol–water partition coefficient (Wildman–Crippen LogP) is 4.20. The van der Waals surface area contributed by atoms with Crippen molar-refractivity contribution < 1.29 is 58.1 Å². The Bertz CT molecular complexity index is 1850. The van der Waals surface area contributed by atoms with E-state index in [9.17, 15) is 24.9 Å². The van der Waals surface area contributed by atoms with Gasteiger partial charge in [-0.15, -0.1) is 0 Å². The summed E-state index contributed by atoms with van der Waals surface area (Å²) in [5, 5.41) is 37.9. The number of methoxy groups -OCH3 is 2. The van der Waals surface area contributed by atoms with Gasteiger partial charge in [0.2, 0.25) is 5.91 Å². The molecular formula is C50H80N4O12. The highest BCUT2D eigenvalue weighted by molar-refractivity contribution is 5.79. The average molecular weight is 929 g/mol. The van der Waals surface area contributed by atoms with Crippen LogP contribution >= 0.6 is 0 Å². The van der Waals surface area contributed by atoms with Crippen molar-refractivity contribution in [2.45, 2.75) is 172 Å². The quantitative estimate of drug-likeness (QED) is 0.209. The number of rotatable bonds is 13. The second-order valence-corrected chi connectivity index (χ2v) is 20.0. The molecule has 1 unspecified atom stereocenters. The van der Waals surface area contributed by atoms with E-state index in [1.54, 1.807) is 40.3 Å². The van der Waals surface area contributed by atoms with Gasteiger partial charge in [-0.05, 0) is 104 Å².